The number of hydrogen-bond donors (Lipinski definition) is 2. The first kappa shape index (κ1) is 17.8. The first-order valence-corrected chi connectivity index (χ1v) is 6.09. The molecule has 0 aromatic carbocycles. The maximum atomic E-state index is 11.4. The van der Waals surface area contributed by atoms with Crippen LogP contribution in [0, 0.1) is 0 Å². The predicted octanol–water partition coefficient (Wildman–Crippen LogP) is 1.55. The van der Waals surface area contributed by atoms with Crippen LogP contribution in [-0.4, -0.2) is 41.3 Å². The smallest absolute Gasteiger partial charge is 0.335 e. The molecule has 0 aromatic rings. The summed E-state index contributed by atoms with van der Waals surface area (Å²) in [5.74, 6) is -2.12. The van der Waals surface area contributed by atoms with Crippen LogP contribution in [0.25, 0.3) is 0 Å². The van der Waals surface area contributed by atoms with Crippen LogP contribution < -0.4 is 0 Å². The Hall–Kier alpha value is -1.17. The Morgan fingerprint density at radius 1 is 1.47 bits per heavy atom. The van der Waals surface area contributed by atoms with E-state index < -0.39 is 24.0 Å². The van der Waals surface area contributed by atoms with Gasteiger partial charge in [-0.2, -0.15) is 0 Å². The van der Waals surface area contributed by atoms with Crippen LogP contribution in [0.1, 0.15) is 34.1 Å². The van der Waals surface area contributed by atoms with Crippen molar-refractivity contribution in [2.45, 2.75) is 52.1 Å². The molecule has 19 heavy (non-hydrogen) atoms. The standard InChI is InChI=1S/C14H24O5/c1-7-9(2)8-11(19-14(4,5)17)12(15)10(3)13(16)18-6/h7,11-12,15,17H,3,8H2,1-2,4-6H3/b9-7-. The second-order valence-corrected chi connectivity index (χ2v) is 4.90. The van der Waals surface area contributed by atoms with Crippen LogP contribution >= 0.6 is 0 Å². The van der Waals surface area contributed by atoms with Crippen molar-refractivity contribution in [1.29, 1.82) is 0 Å². The van der Waals surface area contributed by atoms with Crippen LogP contribution in [0.3, 0.4) is 0 Å². The molecule has 0 fully saturated rings. The molecule has 0 saturated heterocycles. The zero-order chi connectivity index (χ0) is 15.2. The van der Waals surface area contributed by atoms with Crippen molar-refractivity contribution >= 4 is 5.97 Å². The Bertz CT molecular complexity index is 351. The van der Waals surface area contributed by atoms with Crippen LogP contribution in [0.15, 0.2) is 23.8 Å². The normalized spacial score (nSPS) is 15.8. The first-order chi connectivity index (χ1) is 8.62. The molecule has 2 N–H and O–H groups in total. The third kappa shape index (κ3) is 6.52. The lowest BCUT2D eigenvalue weighted by atomic mass is 9.99. The highest BCUT2D eigenvalue weighted by atomic mass is 16.6. The van der Waals surface area contributed by atoms with E-state index in [-0.39, 0.29) is 5.57 Å². The third-order valence-electron chi connectivity index (χ3n) is 2.61. The maximum absolute atomic E-state index is 11.4. The Morgan fingerprint density at radius 3 is 2.37 bits per heavy atom. The van der Waals surface area contributed by atoms with Gasteiger partial charge in [0, 0.05) is 0 Å². The molecule has 0 rings (SSSR count). The topological polar surface area (TPSA) is 76.0 Å². The Labute approximate surface area is 114 Å². The van der Waals surface area contributed by atoms with E-state index >= 15 is 0 Å². The third-order valence-corrected chi connectivity index (χ3v) is 2.61. The molecule has 0 bridgehead atoms. The van der Waals surface area contributed by atoms with E-state index in [0.29, 0.717) is 6.42 Å². The van der Waals surface area contributed by atoms with Crippen molar-refractivity contribution in [2.24, 2.45) is 0 Å². The molecule has 0 amide bonds. The lowest BCUT2D eigenvalue weighted by Crippen LogP contribution is -2.40. The van der Waals surface area contributed by atoms with E-state index in [1.807, 2.05) is 19.9 Å². The van der Waals surface area contributed by atoms with Gasteiger partial charge in [-0.3, -0.25) is 0 Å². The molecule has 0 heterocycles. The molecule has 5 nitrogen and oxygen atoms in total. The highest BCUT2D eigenvalue weighted by Gasteiger charge is 2.31. The Balaban J connectivity index is 5.01. The lowest BCUT2D eigenvalue weighted by Gasteiger charge is -2.30. The van der Waals surface area contributed by atoms with E-state index in [2.05, 4.69) is 11.3 Å². The molecule has 0 aliphatic heterocycles. The summed E-state index contributed by atoms with van der Waals surface area (Å²) < 4.78 is 9.90. The molecule has 0 saturated carbocycles. The number of carbonyl (C=O) groups excluding carboxylic acids is 1. The Kier molecular flexibility index (Phi) is 6.97. The summed E-state index contributed by atoms with van der Waals surface area (Å²) in [6.07, 6.45) is 0.225. The minimum absolute atomic E-state index is 0.0966. The SMILES string of the molecule is C=C(C(=O)OC)C(O)C(C/C(C)=C\C)OC(C)(C)O. The fraction of sp³-hybridized carbons (Fsp3) is 0.643. The molecule has 5 heteroatoms. The summed E-state index contributed by atoms with van der Waals surface area (Å²) in [6.45, 7) is 10.1. The average molecular weight is 272 g/mol. The molecule has 0 aliphatic carbocycles. The van der Waals surface area contributed by atoms with Crippen LogP contribution in [0.4, 0.5) is 0 Å². The molecule has 110 valence electrons. The van der Waals surface area contributed by atoms with Gasteiger partial charge in [0.15, 0.2) is 5.79 Å². The largest absolute Gasteiger partial charge is 0.466 e. The fourth-order valence-corrected chi connectivity index (χ4v) is 1.50. The Morgan fingerprint density at radius 2 is 2.00 bits per heavy atom. The van der Waals surface area contributed by atoms with Gasteiger partial charge in [0.25, 0.3) is 0 Å². The molecular formula is C14H24O5. The number of aliphatic hydroxyl groups excluding tert-OH is 1. The summed E-state index contributed by atoms with van der Waals surface area (Å²) >= 11 is 0. The molecule has 0 aromatic heterocycles. The zero-order valence-electron chi connectivity index (χ0n) is 12.3. The summed E-state index contributed by atoms with van der Waals surface area (Å²) in [5, 5.41) is 19.8. The van der Waals surface area contributed by atoms with Gasteiger partial charge in [0.1, 0.15) is 6.10 Å². The monoisotopic (exact) mass is 272 g/mol. The zero-order valence-corrected chi connectivity index (χ0v) is 12.3. The molecular weight excluding hydrogens is 248 g/mol. The van der Waals surface area contributed by atoms with Gasteiger partial charge in [0.05, 0.1) is 18.8 Å². The van der Waals surface area contributed by atoms with Gasteiger partial charge in [-0.15, -0.1) is 0 Å². The van der Waals surface area contributed by atoms with Gasteiger partial charge in [0.2, 0.25) is 0 Å². The number of rotatable bonds is 7. The first-order valence-electron chi connectivity index (χ1n) is 6.09. The summed E-state index contributed by atoms with van der Waals surface area (Å²) in [5.41, 5.74) is 0.867. The highest BCUT2D eigenvalue weighted by Crippen LogP contribution is 2.21. The van der Waals surface area contributed by atoms with E-state index in [1.165, 1.54) is 21.0 Å². The van der Waals surface area contributed by atoms with Crippen molar-refractivity contribution in [1.82, 2.24) is 0 Å². The van der Waals surface area contributed by atoms with Crippen molar-refractivity contribution < 1.29 is 24.5 Å². The van der Waals surface area contributed by atoms with Crippen LogP contribution in [0.5, 0.6) is 0 Å². The number of allylic oxidation sites excluding steroid dienone is 1. The summed E-state index contributed by atoms with van der Waals surface area (Å²) in [7, 11) is 1.21. The molecule has 0 radical (unpaired) electrons. The van der Waals surface area contributed by atoms with Crippen LogP contribution in [0.2, 0.25) is 0 Å². The van der Waals surface area contributed by atoms with E-state index in [4.69, 9.17) is 4.74 Å². The average Bonchev–Trinajstić information content (AvgIpc) is 2.33. The van der Waals surface area contributed by atoms with E-state index in [0.717, 1.165) is 5.57 Å². The van der Waals surface area contributed by atoms with Gasteiger partial charge in [-0.25, -0.2) is 4.79 Å². The summed E-state index contributed by atoms with van der Waals surface area (Å²) in [4.78, 5) is 11.4. The van der Waals surface area contributed by atoms with Gasteiger partial charge in [-0.1, -0.05) is 18.2 Å². The molecule has 2 unspecified atom stereocenters. The fourth-order valence-electron chi connectivity index (χ4n) is 1.50. The number of methoxy groups -OCH3 is 1. The minimum atomic E-state index is -1.42. The quantitative estimate of drug-likeness (QED) is 0.318. The number of esters is 1. The number of hydrogen-bond acceptors (Lipinski definition) is 5. The second-order valence-electron chi connectivity index (χ2n) is 4.90. The van der Waals surface area contributed by atoms with Crippen molar-refractivity contribution in [3.05, 3.63) is 23.8 Å². The number of ether oxygens (including phenoxy) is 2. The minimum Gasteiger partial charge on any atom is -0.466 e. The van der Waals surface area contributed by atoms with E-state index in [9.17, 15) is 15.0 Å². The van der Waals surface area contributed by atoms with Crippen molar-refractivity contribution in [2.75, 3.05) is 7.11 Å². The van der Waals surface area contributed by atoms with E-state index in [1.54, 1.807) is 0 Å². The van der Waals surface area contributed by atoms with Crippen molar-refractivity contribution in [3.63, 3.8) is 0 Å². The number of carbonyl (C=O) groups is 1. The number of aliphatic hydroxyl groups is 2. The highest BCUT2D eigenvalue weighted by molar-refractivity contribution is 5.88. The predicted molar refractivity (Wildman–Crippen MR) is 72.4 cm³/mol. The molecule has 0 aliphatic rings. The van der Waals surface area contributed by atoms with Gasteiger partial charge >= 0.3 is 5.97 Å². The van der Waals surface area contributed by atoms with Crippen molar-refractivity contribution in [3.8, 4) is 0 Å². The maximum Gasteiger partial charge on any atom is 0.335 e. The van der Waals surface area contributed by atoms with Gasteiger partial charge in [-0.05, 0) is 34.1 Å². The second kappa shape index (κ2) is 7.43. The summed E-state index contributed by atoms with van der Waals surface area (Å²) in [6, 6.07) is 0. The lowest BCUT2D eigenvalue weighted by molar-refractivity contribution is -0.221. The van der Waals surface area contributed by atoms with Gasteiger partial charge < -0.3 is 19.7 Å². The molecule has 2 atom stereocenters. The van der Waals surface area contributed by atoms with Crippen LogP contribution in [-0.2, 0) is 14.3 Å². The molecule has 0 spiro atoms.